The van der Waals surface area contributed by atoms with E-state index >= 15 is 0 Å². The Morgan fingerprint density at radius 3 is 2.48 bits per heavy atom. The summed E-state index contributed by atoms with van der Waals surface area (Å²) in [6, 6.07) is 7.94. The van der Waals surface area contributed by atoms with Crippen molar-refractivity contribution in [3.63, 3.8) is 0 Å². The van der Waals surface area contributed by atoms with Gasteiger partial charge in [0, 0.05) is 34.6 Å². The molecule has 3 N–H and O–H groups in total. The van der Waals surface area contributed by atoms with Crippen molar-refractivity contribution in [2.45, 2.75) is 39.7 Å². The lowest BCUT2D eigenvalue weighted by Gasteiger charge is -2.12. The maximum atomic E-state index is 12.1. The van der Waals surface area contributed by atoms with E-state index in [9.17, 15) is 4.79 Å². The van der Waals surface area contributed by atoms with Crippen molar-refractivity contribution in [1.82, 2.24) is 4.57 Å². The molecule has 0 unspecified atom stereocenters. The van der Waals surface area contributed by atoms with Crippen molar-refractivity contribution < 1.29 is 9.90 Å². The molecule has 0 aliphatic heterocycles. The molecule has 0 fully saturated rings. The molecule has 0 bridgehead atoms. The minimum absolute atomic E-state index is 0.128. The van der Waals surface area contributed by atoms with E-state index in [0.29, 0.717) is 18.5 Å². The fourth-order valence-corrected chi connectivity index (χ4v) is 3.32. The number of primary amides is 1. The Bertz CT molecular complexity index is 690. The molecular weight excluding hydrogens is 356 g/mol. The van der Waals surface area contributed by atoms with Crippen LogP contribution in [0.25, 0.3) is 11.1 Å². The molecule has 0 saturated heterocycles. The number of carbonyl (C=O) groups excluding carboxylic acids is 1. The second-order valence-corrected chi connectivity index (χ2v) is 6.55. The summed E-state index contributed by atoms with van der Waals surface area (Å²) >= 11 is 3.44. The Morgan fingerprint density at radius 1 is 1.30 bits per heavy atom. The minimum atomic E-state index is -0.402. The predicted octanol–water partition coefficient (Wildman–Crippen LogP) is 3.66. The van der Waals surface area contributed by atoms with Crippen molar-refractivity contribution in [3.05, 3.63) is 45.7 Å². The molecule has 0 atom stereocenters. The number of aromatic nitrogens is 1. The SMILES string of the molecule is CCCc1c(-c2ccc(Br)cc2)c(C(N)=O)c(C)n1CCCO. The van der Waals surface area contributed by atoms with Crippen LogP contribution in [0.3, 0.4) is 0 Å². The van der Waals surface area contributed by atoms with Crippen LogP contribution in [-0.2, 0) is 13.0 Å². The molecule has 5 heteroatoms. The number of nitrogens with zero attached hydrogens (tertiary/aromatic N) is 1. The van der Waals surface area contributed by atoms with Gasteiger partial charge in [-0.1, -0.05) is 41.4 Å². The van der Waals surface area contributed by atoms with Crippen molar-refractivity contribution in [1.29, 1.82) is 0 Å². The topological polar surface area (TPSA) is 68.2 Å². The van der Waals surface area contributed by atoms with Crippen LogP contribution < -0.4 is 5.73 Å². The smallest absolute Gasteiger partial charge is 0.251 e. The molecule has 0 aliphatic carbocycles. The highest BCUT2D eigenvalue weighted by Gasteiger charge is 2.24. The molecular formula is C18H23BrN2O2. The van der Waals surface area contributed by atoms with E-state index in [1.54, 1.807) is 0 Å². The van der Waals surface area contributed by atoms with E-state index in [0.717, 1.165) is 39.8 Å². The van der Waals surface area contributed by atoms with Crippen molar-refractivity contribution in [3.8, 4) is 11.1 Å². The van der Waals surface area contributed by atoms with Crippen molar-refractivity contribution in [2.75, 3.05) is 6.61 Å². The Kier molecular flexibility index (Phi) is 6.02. The van der Waals surface area contributed by atoms with Crippen LogP contribution in [0.5, 0.6) is 0 Å². The molecule has 0 radical (unpaired) electrons. The summed E-state index contributed by atoms with van der Waals surface area (Å²) in [7, 11) is 0. The quantitative estimate of drug-likeness (QED) is 0.771. The lowest BCUT2D eigenvalue weighted by atomic mass is 9.98. The van der Waals surface area contributed by atoms with Gasteiger partial charge in [0.1, 0.15) is 0 Å². The maximum Gasteiger partial charge on any atom is 0.251 e. The highest BCUT2D eigenvalue weighted by molar-refractivity contribution is 9.10. The summed E-state index contributed by atoms with van der Waals surface area (Å²) in [6.45, 7) is 4.87. The van der Waals surface area contributed by atoms with Gasteiger partial charge in [0.2, 0.25) is 0 Å². The summed E-state index contributed by atoms with van der Waals surface area (Å²) in [4.78, 5) is 12.1. The highest BCUT2D eigenvalue weighted by Crippen LogP contribution is 2.34. The average Bonchev–Trinajstić information content (AvgIpc) is 2.79. The van der Waals surface area contributed by atoms with Gasteiger partial charge in [-0.15, -0.1) is 0 Å². The average molecular weight is 379 g/mol. The van der Waals surface area contributed by atoms with Gasteiger partial charge in [-0.2, -0.15) is 0 Å². The van der Waals surface area contributed by atoms with Gasteiger partial charge >= 0.3 is 0 Å². The number of rotatable bonds is 7. The number of amides is 1. The van der Waals surface area contributed by atoms with Gasteiger partial charge in [-0.25, -0.2) is 0 Å². The highest BCUT2D eigenvalue weighted by atomic mass is 79.9. The van der Waals surface area contributed by atoms with Crippen LogP contribution >= 0.6 is 15.9 Å². The van der Waals surface area contributed by atoms with Crippen LogP contribution in [0, 0.1) is 6.92 Å². The number of aliphatic hydroxyl groups excluding tert-OH is 1. The van der Waals surface area contributed by atoms with Gasteiger partial charge in [-0.3, -0.25) is 4.79 Å². The van der Waals surface area contributed by atoms with Crippen LogP contribution in [0.1, 0.15) is 41.5 Å². The molecule has 1 aromatic carbocycles. The van der Waals surface area contributed by atoms with E-state index in [4.69, 9.17) is 10.8 Å². The maximum absolute atomic E-state index is 12.1. The van der Waals surface area contributed by atoms with Gasteiger partial charge in [-0.05, 0) is 37.5 Å². The second kappa shape index (κ2) is 7.79. The summed E-state index contributed by atoms with van der Waals surface area (Å²) in [5, 5.41) is 9.16. The fourth-order valence-electron chi connectivity index (χ4n) is 3.05. The zero-order valence-electron chi connectivity index (χ0n) is 13.6. The zero-order valence-corrected chi connectivity index (χ0v) is 15.2. The van der Waals surface area contributed by atoms with Gasteiger partial charge in [0.15, 0.2) is 0 Å². The normalized spacial score (nSPS) is 11.0. The van der Waals surface area contributed by atoms with E-state index in [2.05, 4.69) is 27.4 Å². The molecule has 0 aliphatic rings. The van der Waals surface area contributed by atoms with Crippen molar-refractivity contribution >= 4 is 21.8 Å². The first-order valence-electron chi connectivity index (χ1n) is 7.89. The lowest BCUT2D eigenvalue weighted by molar-refractivity contribution is 0.1000. The Labute approximate surface area is 145 Å². The minimum Gasteiger partial charge on any atom is -0.396 e. The van der Waals surface area contributed by atoms with E-state index in [1.807, 2.05) is 31.2 Å². The van der Waals surface area contributed by atoms with Gasteiger partial charge in [0.25, 0.3) is 5.91 Å². The van der Waals surface area contributed by atoms with Crippen LogP contribution in [0.4, 0.5) is 0 Å². The first-order chi connectivity index (χ1) is 11.0. The number of hydrogen-bond acceptors (Lipinski definition) is 2. The molecule has 1 amide bonds. The van der Waals surface area contributed by atoms with E-state index in [-0.39, 0.29) is 6.61 Å². The molecule has 124 valence electrons. The third-order valence-corrected chi connectivity index (χ3v) is 4.57. The summed E-state index contributed by atoms with van der Waals surface area (Å²) in [5.74, 6) is -0.402. The number of halogens is 1. The lowest BCUT2D eigenvalue weighted by Crippen LogP contribution is -2.13. The third-order valence-electron chi connectivity index (χ3n) is 4.04. The summed E-state index contributed by atoms with van der Waals surface area (Å²) in [6.07, 6.45) is 2.50. The van der Waals surface area contributed by atoms with E-state index in [1.165, 1.54) is 0 Å². The molecule has 1 aromatic heterocycles. The number of benzene rings is 1. The van der Waals surface area contributed by atoms with Gasteiger partial charge < -0.3 is 15.4 Å². The van der Waals surface area contributed by atoms with Crippen molar-refractivity contribution in [2.24, 2.45) is 5.73 Å². The standard InChI is InChI=1S/C18H23BrN2O2/c1-3-5-15-17(13-6-8-14(19)9-7-13)16(18(20)23)12(2)21(15)10-4-11-22/h6-9,22H,3-5,10-11H2,1-2H3,(H2,20,23). The largest absolute Gasteiger partial charge is 0.396 e. The van der Waals surface area contributed by atoms with Crippen LogP contribution in [0.15, 0.2) is 28.7 Å². The first kappa shape index (κ1) is 17.8. The summed E-state index contributed by atoms with van der Waals surface area (Å²) in [5.41, 5.74) is 10.2. The zero-order chi connectivity index (χ0) is 17.0. The predicted molar refractivity (Wildman–Crippen MR) is 96.5 cm³/mol. The Balaban J connectivity index is 2.70. The number of hydrogen-bond donors (Lipinski definition) is 2. The monoisotopic (exact) mass is 378 g/mol. The van der Waals surface area contributed by atoms with E-state index < -0.39 is 5.91 Å². The molecule has 1 heterocycles. The molecule has 2 aromatic rings. The Hall–Kier alpha value is -1.59. The van der Waals surface area contributed by atoms with Crippen LogP contribution in [-0.4, -0.2) is 22.2 Å². The molecule has 2 rings (SSSR count). The molecule has 23 heavy (non-hydrogen) atoms. The summed E-state index contributed by atoms with van der Waals surface area (Å²) < 4.78 is 3.13. The number of carbonyl (C=O) groups is 1. The second-order valence-electron chi connectivity index (χ2n) is 5.63. The van der Waals surface area contributed by atoms with Gasteiger partial charge in [0.05, 0.1) is 5.56 Å². The molecule has 0 saturated carbocycles. The molecule has 0 spiro atoms. The fraction of sp³-hybridized carbons (Fsp3) is 0.389. The molecule has 4 nitrogen and oxygen atoms in total. The number of aliphatic hydroxyl groups is 1. The Morgan fingerprint density at radius 2 is 1.96 bits per heavy atom. The third kappa shape index (κ3) is 3.67. The first-order valence-corrected chi connectivity index (χ1v) is 8.69. The van der Waals surface area contributed by atoms with Crippen LogP contribution in [0.2, 0.25) is 0 Å². The number of nitrogens with two attached hydrogens (primary N) is 1.